The second-order valence-corrected chi connectivity index (χ2v) is 6.98. The molecular formula is C22H19F2N3O3. The molecule has 154 valence electrons. The van der Waals surface area contributed by atoms with Gasteiger partial charge in [-0.15, -0.1) is 0 Å². The van der Waals surface area contributed by atoms with Gasteiger partial charge in [0, 0.05) is 12.7 Å². The second kappa shape index (κ2) is 8.44. The highest BCUT2D eigenvalue weighted by Gasteiger charge is 2.29. The SMILES string of the molecule is O=C(O)c1cnc(N2CCC[C@H]2c2cccc(F)c2)nc1COc1ccc(F)cc1. The van der Waals surface area contributed by atoms with E-state index in [0.717, 1.165) is 18.4 Å². The first-order valence-corrected chi connectivity index (χ1v) is 9.51. The number of carboxylic acid groups (broad SMARTS) is 1. The molecule has 0 saturated carbocycles. The zero-order valence-electron chi connectivity index (χ0n) is 16.0. The van der Waals surface area contributed by atoms with Crippen LogP contribution in [-0.4, -0.2) is 27.6 Å². The number of anilines is 1. The van der Waals surface area contributed by atoms with E-state index in [2.05, 4.69) is 9.97 Å². The Kier molecular flexibility index (Phi) is 5.56. The summed E-state index contributed by atoms with van der Waals surface area (Å²) >= 11 is 0. The molecule has 0 radical (unpaired) electrons. The van der Waals surface area contributed by atoms with E-state index in [1.807, 2.05) is 11.0 Å². The average molecular weight is 411 g/mol. The minimum atomic E-state index is -1.16. The van der Waals surface area contributed by atoms with Crippen LogP contribution in [0.25, 0.3) is 0 Å². The van der Waals surface area contributed by atoms with Crippen molar-refractivity contribution in [2.24, 2.45) is 0 Å². The van der Waals surface area contributed by atoms with E-state index in [1.165, 1.54) is 42.6 Å². The molecule has 1 aliphatic heterocycles. The van der Waals surface area contributed by atoms with Gasteiger partial charge in [0.1, 0.15) is 29.6 Å². The van der Waals surface area contributed by atoms with Crippen molar-refractivity contribution in [1.82, 2.24) is 9.97 Å². The fourth-order valence-corrected chi connectivity index (χ4v) is 3.58. The lowest BCUT2D eigenvalue weighted by Crippen LogP contribution is -2.26. The lowest BCUT2D eigenvalue weighted by molar-refractivity contribution is 0.0692. The van der Waals surface area contributed by atoms with Crippen LogP contribution in [0.2, 0.25) is 0 Å². The first kappa shape index (κ1) is 19.8. The molecule has 1 atom stereocenters. The second-order valence-electron chi connectivity index (χ2n) is 6.98. The maximum Gasteiger partial charge on any atom is 0.339 e. The van der Waals surface area contributed by atoms with Crippen molar-refractivity contribution < 1.29 is 23.4 Å². The van der Waals surface area contributed by atoms with Crippen LogP contribution in [-0.2, 0) is 6.61 Å². The molecule has 2 heterocycles. The van der Waals surface area contributed by atoms with E-state index in [4.69, 9.17) is 4.74 Å². The lowest BCUT2D eigenvalue weighted by Gasteiger charge is -2.25. The Bertz CT molecular complexity index is 1060. The minimum Gasteiger partial charge on any atom is -0.487 e. The molecule has 1 aromatic heterocycles. The van der Waals surface area contributed by atoms with Gasteiger partial charge >= 0.3 is 5.97 Å². The van der Waals surface area contributed by atoms with E-state index in [9.17, 15) is 18.7 Å². The topological polar surface area (TPSA) is 75.5 Å². The molecule has 1 aliphatic rings. The third-order valence-electron chi connectivity index (χ3n) is 5.02. The number of hydrogen-bond donors (Lipinski definition) is 1. The predicted octanol–water partition coefficient (Wildman–Crippen LogP) is 4.37. The number of aromatic nitrogens is 2. The van der Waals surface area contributed by atoms with Crippen LogP contribution in [0.4, 0.5) is 14.7 Å². The number of benzene rings is 2. The maximum atomic E-state index is 13.7. The Morgan fingerprint density at radius 3 is 2.70 bits per heavy atom. The van der Waals surface area contributed by atoms with Crippen molar-refractivity contribution in [2.75, 3.05) is 11.4 Å². The normalized spacial score (nSPS) is 15.9. The number of carbonyl (C=O) groups is 1. The summed E-state index contributed by atoms with van der Waals surface area (Å²) in [5.74, 6) is -1.11. The molecular weight excluding hydrogens is 392 g/mol. The number of hydrogen-bond acceptors (Lipinski definition) is 5. The number of nitrogens with zero attached hydrogens (tertiary/aromatic N) is 3. The molecule has 0 amide bonds. The average Bonchev–Trinajstić information content (AvgIpc) is 3.23. The Labute approximate surface area is 171 Å². The van der Waals surface area contributed by atoms with Crippen molar-refractivity contribution in [3.63, 3.8) is 0 Å². The Balaban J connectivity index is 1.61. The van der Waals surface area contributed by atoms with Gasteiger partial charge < -0.3 is 14.7 Å². The lowest BCUT2D eigenvalue weighted by atomic mass is 10.0. The van der Waals surface area contributed by atoms with Crippen molar-refractivity contribution >= 4 is 11.9 Å². The van der Waals surface area contributed by atoms with Gasteiger partial charge in [0.2, 0.25) is 5.95 Å². The van der Waals surface area contributed by atoms with E-state index in [-0.39, 0.29) is 29.7 Å². The van der Waals surface area contributed by atoms with Crippen molar-refractivity contribution in [3.05, 3.63) is 83.2 Å². The van der Waals surface area contributed by atoms with Crippen LogP contribution < -0.4 is 9.64 Å². The van der Waals surface area contributed by atoms with Gasteiger partial charge in [0.25, 0.3) is 0 Å². The molecule has 1 fully saturated rings. The molecule has 0 bridgehead atoms. The number of aromatic carboxylic acids is 1. The summed E-state index contributed by atoms with van der Waals surface area (Å²) in [5, 5.41) is 9.48. The molecule has 4 rings (SSSR count). The summed E-state index contributed by atoms with van der Waals surface area (Å²) in [7, 11) is 0. The highest BCUT2D eigenvalue weighted by molar-refractivity contribution is 5.88. The summed E-state index contributed by atoms with van der Waals surface area (Å²) < 4.78 is 32.3. The van der Waals surface area contributed by atoms with Crippen LogP contribution in [0, 0.1) is 11.6 Å². The molecule has 0 unspecified atom stereocenters. The Morgan fingerprint density at radius 1 is 1.17 bits per heavy atom. The van der Waals surface area contributed by atoms with E-state index in [1.54, 1.807) is 6.07 Å². The Morgan fingerprint density at radius 2 is 1.97 bits per heavy atom. The molecule has 30 heavy (non-hydrogen) atoms. The number of ether oxygens (including phenoxy) is 1. The molecule has 8 heteroatoms. The molecule has 0 aliphatic carbocycles. The summed E-state index contributed by atoms with van der Waals surface area (Å²) in [5.41, 5.74) is 0.964. The zero-order valence-corrected chi connectivity index (χ0v) is 16.0. The fraction of sp³-hybridized carbons (Fsp3) is 0.227. The summed E-state index contributed by atoms with van der Waals surface area (Å²) in [4.78, 5) is 22.2. The Hall–Kier alpha value is -3.55. The molecule has 6 nitrogen and oxygen atoms in total. The van der Waals surface area contributed by atoms with E-state index < -0.39 is 11.8 Å². The van der Waals surface area contributed by atoms with Crippen molar-refractivity contribution in [3.8, 4) is 5.75 Å². The molecule has 2 aromatic carbocycles. The van der Waals surface area contributed by atoms with Gasteiger partial charge in [-0.25, -0.2) is 23.5 Å². The minimum absolute atomic E-state index is 0.0673. The number of rotatable bonds is 6. The quantitative estimate of drug-likeness (QED) is 0.649. The van der Waals surface area contributed by atoms with E-state index >= 15 is 0 Å². The number of halogens is 2. The van der Waals surface area contributed by atoms with Crippen LogP contribution in [0.5, 0.6) is 5.75 Å². The van der Waals surface area contributed by atoms with Crippen molar-refractivity contribution in [2.45, 2.75) is 25.5 Å². The van der Waals surface area contributed by atoms with Crippen LogP contribution >= 0.6 is 0 Å². The van der Waals surface area contributed by atoms with Crippen LogP contribution in [0.3, 0.4) is 0 Å². The molecule has 3 aromatic rings. The first-order valence-electron chi connectivity index (χ1n) is 9.51. The summed E-state index contributed by atoms with van der Waals surface area (Å²) in [6.45, 7) is 0.563. The molecule has 1 saturated heterocycles. The highest BCUT2D eigenvalue weighted by atomic mass is 19.1. The highest BCUT2D eigenvalue weighted by Crippen LogP contribution is 2.35. The third-order valence-corrected chi connectivity index (χ3v) is 5.02. The predicted molar refractivity (Wildman–Crippen MR) is 105 cm³/mol. The zero-order chi connectivity index (χ0) is 21.1. The number of carboxylic acids is 1. The van der Waals surface area contributed by atoms with Gasteiger partial charge in [-0.05, 0) is 54.8 Å². The largest absolute Gasteiger partial charge is 0.487 e. The third kappa shape index (κ3) is 4.22. The van der Waals surface area contributed by atoms with Gasteiger partial charge in [-0.2, -0.15) is 0 Å². The maximum absolute atomic E-state index is 13.7. The van der Waals surface area contributed by atoms with Crippen LogP contribution in [0.1, 0.15) is 40.5 Å². The summed E-state index contributed by atoms with van der Waals surface area (Å²) in [6.07, 6.45) is 2.95. The van der Waals surface area contributed by atoms with Gasteiger partial charge in [0.05, 0.1) is 11.7 Å². The smallest absolute Gasteiger partial charge is 0.339 e. The monoisotopic (exact) mass is 411 g/mol. The van der Waals surface area contributed by atoms with Gasteiger partial charge in [-0.1, -0.05) is 12.1 Å². The van der Waals surface area contributed by atoms with Gasteiger partial charge in [0.15, 0.2) is 0 Å². The first-order chi connectivity index (χ1) is 14.5. The standard InChI is InChI=1S/C22H19F2N3O3/c23-15-6-8-17(9-7-15)30-13-19-18(21(28)29)12-25-22(26-19)27-10-2-5-20(27)14-3-1-4-16(24)11-14/h1,3-4,6-9,11-12,20H,2,5,10,13H2,(H,28,29)/t20-/m0/s1. The fourth-order valence-electron chi connectivity index (χ4n) is 3.58. The van der Waals surface area contributed by atoms with Crippen molar-refractivity contribution in [1.29, 1.82) is 0 Å². The molecule has 0 spiro atoms. The van der Waals surface area contributed by atoms with Crippen LogP contribution in [0.15, 0.2) is 54.7 Å². The summed E-state index contributed by atoms with van der Waals surface area (Å²) in [6, 6.07) is 11.7. The van der Waals surface area contributed by atoms with Gasteiger partial charge in [-0.3, -0.25) is 0 Å². The van der Waals surface area contributed by atoms with E-state index in [0.29, 0.717) is 18.2 Å². The molecule has 1 N–H and O–H groups in total.